The number of carbonyl (C=O) groups is 1. The number of methoxy groups -OCH3 is 2. The van der Waals surface area contributed by atoms with Gasteiger partial charge in [-0.3, -0.25) is 4.79 Å². The summed E-state index contributed by atoms with van der Waals surface area (Å²) < 4.78 is 65.0. The summed E-state index contributed by atoms with van der Waals surface area (Å²) in [4.78, 5) is 12.4. The number of halogens is 4. The standard InChI is InChI=1S/C19H16F4N4O3/c1-29-14-7-6-11(8-15(14)30-2)10-24-18(28)16-17(19(21,22)23)27(26-25-16)13-5-3-4-12(20)9-13/h3-9H,10H2,1-2H3,(H,24,28). The van der Waals surface area contributed by atoms with Gasteiger partial charge in [0.25, 0.3) is 5.91 Å². The molecule has 1 aromatic heterocycles. The Morgan fingerprint density at radius 1 is 1.10 bits per heavy atom. The lowest BCUT2D eigenvalue weighted by Crippen LogP contribution is -2.27. The van der Waals surface area contributed by atoms with E-state index in [-0.39, 0.29) is 12.2 Å². The van der Waals surface area contributed by atoms with E-state index in [1.54, 1.807) is 18.2 Å². The van der Waals surface area contributed by atoms with E-state index in [0.717, 1.165) is 12.1 Å². The largest absolute Gasteiger partial charge is 0.493 e. The number of nitrogens with zero attached hydrogens (tertiary/aromatic N) is 3. The van der Waals surface area contributed by atoms with Gasteiger partial charge in [-0.05, 0) is 35.9 Å². The minimum absolute atomic E-state index is 0.0939. The number of benzene rings is 2. The zero-order valence-corrected chi connectivity index (χ0v) is 15.8. The van der Waals surface area contributed by atoms with E-state index in [4.69, 9.17) is 9.47 Å². The molecule has 1 heterocycles. The molecule has 3 aromatic rings. The number of alkyl halides is 3. The van der Waals surface area contributed by atoms with Crippen molar-refractivity contribution in [3.63, 3.8) is 0 Å². The fraction of sp³-hybridized carbons (Fsp3) is 0.211. The average molecular weight is 424 g/mol. The van der Waals surface area contributed by atoms with Gasteiger partial charge in [-0.2, -0.15) is 13.2 Å². The van der Waals surface area contributed by atoms with Crippen molar-refractivity contribution in [3.05, 3.63) is 65.2 Å². The summed E-state index contributed by atoms with van der Waals surface area (Å²) in [6.45, 7) is -0.0939. The Morgan fingerprint density at radius 3 is 2.47 bits per heavy atom. The van der Waals surface area contributed by atoms with E-state index >= 15 is 0 Å². The number of amides is 1. The van der Waals surface area contributed by atoms with Crippen molar-refractivity contribution < 1.29 is 31.8 Å². The zero-order chi connectivity index (χ0) is 21.9. The van der Waals surface area contributed by atoms with Crippen LogP contribution in [0.4, 0.5) is 17.6 Å². The number of rotatable bonds is 6. The van der Waals surface area contributed by atoms with Crippen LogP contribution < -0.4 is 14.8 Å². The molecule has 0 aliphatic rings. The molecule has 0 spiro atoms. The first-order valence-corrected chi connectivity index (χ1v) is 8.52. The van der Waals surface area contributed by atoms with Gasteiger partial charge in [0.2, 0.25) is 0 Å². The minimum Gasteiger partial charge on any atom is -0.493 e. The molecule has 30 heavy (non-hydrogen) atoms. The van der Waals surface area contributed by atoms with Crippen molar-refractivity contribution in [2.45, 2.75) is 12.7 Å². The summed E-state index contributed by atoms with van der Waals surface area (Å²) in [7, 11) is 2.89. The van der Waals surface area contributed by atoms with Crippen LogP contribution in [0.3, 0.4) is 0 Å². The molecule has 0 aliphatic carbocycles. The lowest BCUT2D eigenvalue weighted by Gasteiger charge is -2.12. The number of ether oxygens (including phenoxy) is 2. The molecule has 0 saturated carbocycles. The van der Waals surface area contributed by atoms with Crippen LogP contribution in [-0.2, 0) is 12.7 Å². The third-order valence-corrected chi connectivity index (χ3v) is 4.11. The second-order valence-electron chi connectivity index (χ2n) is 6.05. The Kier molecular flexibility index (Phi) is 5.90. The van der Waals surface area contributed by atoms with E-state index in [1.807, 2.05) is 0 Å². The summed E-state index contributed by atoms with van der Waals surface area (Å²) in [5.74, 6) is -0.974. The molecule has 1 amide bonds. The van der Waals surface area contributed by atoms with Gasteiger partial charge < -0.3 is 14.8 Å². The molecular weight excluding hydrogens is 408 g/mol. The fourth-order valence-corrected chi connectivity index (χ4v) is 2.73. The van der Waals surface area contributed by atoms with E-state index in [2.05, 4.69) is 15.6 Å². The van der Waals surface area contributed by atoms with Crippen LogP contribution in [0.25, 0.3) is 5.69 Å². The van der Waals surface area contributed by atoms with Crippen LogP contribution in [0.2, 0.25) is 0 Å². The normalized spacial score (nSPS) is 11.3. The highest BCUT2D eigenvalue weighted by atomic mass is 19.4. The third kappa shape index (κ3) is 4.34. The lowest BCUT2D eigenvalue weighted by atomic mass is 10.2. The SMILES string of the molecule is COc1ccc(CNC(=O)c2nnn(-c3cccc(F)c3)c2C(F)(F)F)cc1OC. The van der Waals surface area contributed by atoms with Crippen molar-refractivity contribution in [2.75, 3.05) is 14.2 Å². The van der Waals surface area contributed by atoms with Crippen molar-refractivity contribution in [3.8, 4) is 17.2 Å². The van der Waals surface area contributed by atoms with Gasteiger partial charge in [0.05, 0.1) is 19.9 Å². The molecule has 0 radical (unpaired) electrons. The Balaban J connectivity index is 1.88. The fourth-order valence-electron chi connectivity index (χ4n) is 2.73. The Bertz CT molecular complexity index is 1070. The van der Waals surface area contributed by atoms with Crippen molar-refractivity contribution in [1.82, 2.24) is 20.3 Å². The maximum atomic E-state index is 13.6. The molecule has 0 aliphatic heterocycles. The highest BCUT2D eigenvalue weighted by Crippen LogP contribution is 2.33. The van der Waals surface area contributed by atoms with Crippen LogP contribution in [-0.4, -0.2) is 35.1 Å². The molecule has 7 nitrogen and oxygen atoms in total. The van der Waals surface area contributed by atoms with E-state index < -0.39 is 29.3 Å². The third-order valence-electron chi connectivity index (χ3n) is 4.11. The van der Waals surface area contributed by atoms with Gasteiger partial charge >= 0.3 is 6.18 Å². The van der Waals surface area contributed by atoms with Crippen LogP contribution in [0.1, 0.15) is 21.7 Å². The highest BCUT2D eigenvalue weighted by Gasteiger charge is 2.42. The van der Waals surface area contributed by atoms with Crippen molar-refractivity contribution >= 4 is 5.91 Å². The van der Waals surface area contributed by atoms with Gasteiger partial charge in [0.1, 0.15) is 5.82 Å². The maximum Gasteiger partial charge on any atom is 0.435 e. The van der Waals surface area contributed by atoms with Crippen molar-refractivity contribution in [1.29, 1.82) is 0 Å². The molecule has 0 atom stereocenters. The summed E-state index contributed by atoms with van der Waals surface area (Å²) in [6.07, 6.45) is -4.95. The number of hydrogen-bond acceptors (Lipinski definition) is 5. The van der Waals surface area contributed by atoms with Gasteiger partial charge in [-0.1, -0.05) is 17.3 Å². The van der Waals surface area contributed by atoms with Crippen molar-refractivity contribution in [2.24, 2.45) is 0 Å². The molecule has 0 saturated heterocycles. The number of hydrogen-bond donors (Lipinski definition) is 1. The average Bonchev–Trinajstić information content (AvgIpc) is 3.17. The molecular formula is C19H16F4N4O3. The van der Waals surface area contributed by atoms with Gasteiger partial charge in [-0.25, -0.2) is 9.07 Å². The summed E-state index contributed by atoms with van der Waals surface area (Å²) >= 11 is 0. The highest BCUT2D eigenvalue weighted by molar-refractivity contribution is 5.93. The van der Waals surface area contributed by atoms with Gasteiger partial charge in [0.15, 0.2) is 22.9 Å². The first-order valence-electron chi connectivity index (χ1n) is 8.52. The topological polar surface area (TPSA) is 78.3 Å². The number of nitrogens with one attached hydrogen (secondary N) is 1. The van der Waals surface area contributed by atoms with Gasteiger partial charge in [0, 0.05) is 6.54 Å². The quantitative estimate of drug-likeness (QED) is 0.614. The first-order chi connectivity index (χ1) is 14.2. The molecule has 0 bridgehead atoms. The Hall–Kier alpha value is -3.63. The monoisotopic (exact) mass is 424 g/mol. The van der Waals surface area contributed by atoms with E-state index in [1.165, 1.54) is 26.4 Å². The molecule has 1 N–H and O–H groups in total. The first kappa shape index (κ1) is 21.1. The van der Waals surface area contributed by atoms with Crippen LogP contribution in [0.5, 0.6) is 11.5 Å². The van der Waals surface area contributed by atoms with E-state index in [0.29, 0.717) is 21.7 Å². The minimum atomic E-state index is -4.95. The predicted molar refractivity (Wildman–Crippen MR) is 97.0 cm³/mol. The maximum absolute atomic E-state index is 13.6. The second kappa shape index (κ2) is 8.39. The second-order valence-corrected chi connectivity index (χ2v) is 6.05. The number of aromatic nitrogens is 3. The van der Waals surface area contributed by atoms with Crippen LogP contribution in [0, 0.1) is 5.82 Å². The lowest BCUT2D eigenvalue weighted by molar-refractivity contribution is -0.143. The zero-order valence-electron chi connectivity index (χ0n) is 15.8. The molecule has 2 aromatic carbocycles. The Labute approximate surface area is 168 Å². The molecule has 11 heteroatoms. The summed E-state index contributed by atoms with van der Waals surface area (Å²) in [6, 6.07) is 9.17. The van der Waals surface area contributed by atoms with E-state index in [9.17, 15) is 22.4 Å². The van der Waals surface area contributed by atoms with Gasteiger partial charge in [-0.15, -0.1) is 5.10 Å². The van der Waals surface area contributed by atoms with Crippen LogP contribution in [0.15, 0.2) is 42.5 Å². The molecule has 158 valence electrons. The summed E-state index contributed by atoms with van der Waals surface area (Å²) in [5, 5.41) is 9.15. The molecule has 0 fully saturated rings. The summed E-state index contributed by atoms with van der Waals surface area (Å²) in [5.41, 5.74) is -1.98. The molecule has 0 unspecified atom stereocenters. The Morgan fingerprint density at radius 2 is 1.83 bits per heavy atom. The predicted octanol–water partition coefficient (Wildman–Crippen LogP) is 3.37. The smallest absolute Gasteiger partial charge is 0.435 e. The number of carbonyl (C=O) groups excluding carboxylic acids is 1. The van der Waals surface area contributed by atoms with Crippen LogP contribution >= 0.6 is 0 Å². The molecule has 3 rings (SSSR count).